The Balaban J connectivity index is 2.62. The molecular formula is C11H9ClN2O3S. The van der Waals surface area contributed by atoms with E-state index < -0.39 is 5.97 Å². The molecular weight excluding hydrogens is 276 g/mol. The van der Waals surface area contributed by atoms with E-state index in [1.165, 1.54) is 4.57 Å². The third-order valence-corrected chi connectivity index (χ3v) is 3.05. The zero-order chi connectivity index (χ0) is 13.3. The van der Waals surface area contributed by atoms with Gasteiger partial charge < -0.3 is 10.1 Å². The fraction of sp³-hybridized carbons (Fsp3) is 0.182. The van der Waals surface area contributed by atoms with Crippen LogP contribution in [-0.2, 0) is 11.3 Å². The van der Waals surface area contributed by atoms with E-state index in [9.17, 15) is 9.59 Å². The number of aromatic amines is 1. The molecule has 2 aromatic rings. The first-order chi connectivity index (χ1) is 8.49. The summed E-state index contributed by atoms with van der Waals surface area (Å²) in [4.78, 5) is 25.5. The maximum atomic E-state index is 12.1. The number of benzene rings is 1. The maximum Gasteiger partial charge on any atom is 0.305 e. The van der Waals surface area contributed by atoms with Crippen LogP contribution < -0.4 is 5.56 Å². The van der Waals surface area contributed by atoms with Crippen LogP contribution in [0.1, 0.15) is 6.42 Å². The van der Waals surface area contributed by atoms with E-state index in [1.807, 2.05) is 0 Å². The molecule has 18 heavy (non-hydrogen) atoms. The van der Waals surface area contributed by atoms with Crippen LogP contribution in [0, 0.1) is 4.77 Å². The van der Waals surface area contributed by atoms with Gasteiger partial charge in [0.15, 0.2) is 4.77 Å². The molecule has 0 saturated heterocycles. The van der Waals surface area contributed by atoms with Crippen LogP contribution in [0.3, 0.4) is 0 Å². The third-order valence-electron chi connectivity index (χ3n) is 2.49. The van der Waals surface area contributed by atoms with Gasteiger partial charge in [0.1, 0.15) is 0 Å². The summed E-state index contributed by atoms with van der Waals surface area (Å²) in [6, 6.07) is 4.79. The Hall–Kier alpha value is -1.66. The number of carboxylic acids is 1. The van der Waals surface area contributed by atoms with Crippen molar-refractivity contribution in [3.63, 3.8) is 0 Å². The number of halogens is 1. The molecule has 0 fully saturated rings. The Bertz CT molecular complexity index is 735. The van der Waals surface area contributed by atoms with Crippen molar-refractivity contribution in [3.8, 4) is 0 Å². The Morgan fingerprint density at radius 1 is 1.50 bits per heavy atom. The Morgan fingerprint density at radius 3 is 2.89 bits per heavy atom. The highest BCUT2D eigenvalue weighted by Crippen LogP contribution is 2.14. The smallest absolute Gasteiger partial charge is 0.305 e. The minimum atomic E-state index is -0.979. The second kappa shape index (κ2) is 4.91. The highest BCUT2D eigenvalue weighted by atomic mass is 35.5. The van der Waals surface area contributed by atoms with Gasteiger partial charge in [0, 0.05) is 11.6 Å². The van der Waals surface area contributed by atoms with E-state index in [4.69, 9.17) is 28.9 Å². The van der Waals surface area contributed by atoms with Crippen molar-refractivity contribution in [2.75, 3.05) is 0 Å². The molecule has 2 N–H and O–H groups in total. The van der Waals surface area contributed by atoms with Crippen LogP contribution in [0.4, 0.5) is 0 Å². The normalized spacial score (nSPS) is 10.7. The fourth-order valence-electron chi connectivity index (χ4n) is 1.64. The summed E-state index contributed by atoms with van der Waals surface area (Å²) in [6.45, 7) is 0.0437. The van der Waals surface area contributed by atoms with Gasteiger partial charge >= 0.3 is 5.97 Å². The number of hydrogen-bond acceptors (Lipinski definition) is 3. The predicted molar refractivity (Wildman–Crippen MR) is 70.7 cm³/mol. The van der Waals surface area contributed by atoms with Crippen molar-refractivity contribution < 1.29 is 9.90 Å². The number of carboxylic acid groups (broad SMARTS) is 1. The average molecular weight is 285 g/mol. The molecule has 0 atom stereocenters. The van der Waals surface area contributed by atoms with Gasteiger partial charge in [-0.15, -0.1) is 0 Å². The van der Waals surface area contributed by atoms with E-state index in [2.05, 4.69) is 4.98 Å². The first kappa shape index (κ1) is 12.8. The zero-order valence-electron chi connectivity index (χ0n) is 9.14. The lowest BCUT2D eigenvalue weighted by Gasteiger charge is -2.06. The third kappa shape index (κ3) is 2.44. The SMILES string of the molecule is O=C(O)CCn1c(=S)[nH]c2cc(Cl)ccc2c1=O. The van der Waals surface area contributed by atoms with E-state index in [0.29, 0.717) is 15.9 Å². The number of rotatable bonds is 3. The lowest BCUT2D eigenvalue weighted by atomic mass is 10.2. The minimum Gasteiger partial charge on any atom is -0.481 e. The lowest BCUT2D eigenvalue weighted by Crippen LogP contribution is -2.23. The number of H-pyrrole nitrogens is 1. The molecule has 1 aromatic carbocycles. The Kier molecular flexibility index (Phi) is 3.49. The molecule has 0 aliphatic carbocycles. The van der Waals surface area contributed by atoms with Crippen LogP contribution >= 0.6 is 23.8 Å². The molecule has 94 valence electrons. The molecule has 5 nitrogen and oxygen atoms in total. The van der Waals surface area contributed by atoms with Crippen LogP contribution in [0.2, 0.25) is 5.02 Å². The molecule has 2 rings (SSSR count). The number of aromatic nitrogens is 2. The van der Waals surface area contributed by atoms with Gasteiger partial charge in [-0.2, -0.15) is 0 Å². The van der Waals surface area contributed by atoms with E-state index in [0.717, 1.165) is 0 Å². The Morgan fingerprint density at radius 2 is 2.22 bits per heavy atom. The highest BCUT2D eigenvalue weighted by molar-refractivity contribution is 7.71. The van der Waals surface area contributed by atoms with E-state index >= 15 is 0 Å². The number of fused-ring (bicyclic) bond motifs is 1. The van der Waals surface area contributed by atoms with Gasteiger partial charge in [0.05, 0.1) is 17.3 Å². The monoisotopic (exact) mass is 284 g/mol. The molecule has 0 aliphatic heterocycles. The van der Waals surface area contributed by atoms with Crippen molar-refractivity contribution >= 4 is 40.7 Å². The van der Waals surface area contributed by atoms with Gasteiger partial charge in [-0.3, -0.25) is 14.2 Å². The number of nitrogens with one attached hydrogen (secondary N) is 1. The maximum absolute atomic E-state index is 12.1. The van der Waals surface area contributed by atoms with Crippen molar-refractivity contribution in [2.45, 2.75) is 13.0 Å². The second-order valence-electron chi connectivity index (χ2n) is 3.72. The van der Waals surface area contributed by atoms with Crippen molar-refractivity contribution in [1.29, 1.82) is 0 Å². The summed E-state index contributed by atoms with van der Waals surface area (Å²) in [5.74, 6) is -0.979. The summed E-state index contributed by atoms with van der Waals surface area (Å²) in [5.41, 5.74) is 0.232. The quantitative estimate of drug-likeness (QED) is 0.847. The topological polar surface area (TPSA) is 75.1 Å². The van der Waals surface area contributed by atoms with Crippen LogP contribution in [-0.4, -0.2) is 20.6 Å². The Labute approximate surface area is 112 Å². The predicted octanol–water partition coefficient (Wildman–Crippen LogP) is 2.19. The first-order valence-corrected chi connectivity index (χ1v) is 5.92. The molecule has 1 aromatic heterocycles. The van der Waals surface area contributed by atoms with E-state index in [-0.39, 0.29) is 23.3 Å². The zero-order valence-corrected chi connectivity index (χ0v) is 10.7. The summed E-state index contributed by atoms with van der Waals surface area (Å²) in [5, 5.41) is 9.55. The fourth-order valence-corrected chi connectivity index (χ4v) is 2.09. The molecule has 0 spiro atoms. The lowest BCUT2D eigenvalue weighted by molar-refractivity contribution is -0.137. The molecule has 0 bridgehead atoms. The van der Waals surface area contributed by atoms with Gasteiger partial charge in [-0.05, 0) is 30.4 Å². The molecule has 1 heterocycles. The van der Waals surface area contributed by atoms with Gasteiger partial charge in [-0.1, -0.05) is 11.6 Å². The van der Waals surface area contributed by atoms with Gasteiger partial charge in [0.25, 0.3) is 5.56 Å². The molecule has 0 unspecified atom stereocenters. The van der Waals surface area contributed by atoms with Crippen molar-refractivity contribution in [2.24, 2.45) is 0 Å². The highest BCUT2D eigenvalue weighted by Gasteiger charge is 2.07. The average Bonchev–Trinajstić information content (AvgIpc) is 2.27. The molecule has 0 amide bonds. The largest absolute Gasteiger partial charge is 0.481 e. The number of hydrogen-bond donors (Lipinski definition) is 2. The number of nitrogens with zero attached hydrogens (tertiary/aromatic N) is 1. The minimum absolute atomic E-state index is 0.0437. The molecule has 0 aliphatic rings. The van der Waals surface area contributed by atoms with Gasteiger partial charge in [-0.25, -0.2) is 0 Å². The van der Waals surface area contributed by atoms with Crippen LogP contribution in [0.5, 0.6) is 0 Å². The molecule has 7 heteroatoms. The van der Waals surface area contributed by atoms with E-state index in [1.54, 1.807) is 18.2 Å². The van der Waals surface area contributed by atoms with Crippen LogP contribution in [0.25, 0.3) is 10.9 Å². The van der Waals surface area contributed by atoms with Gasteiger partial charge in [0.2, 0.25) is 0 Å². The summed E-state index contributed by atoms with van der Waals surface area (Å²) >= 11 is 10.9. The van der Waals surface area contributed by atoms with Crippen molar-refractivity contribution in [1.82, 2.24) is 9.55 Å². The summed E-state index contributed by atoms with van der Waals surface area (Å²) in [7, 11) is 0. The number of carbonyl (C=O) groups is 1. The first-order valence-electron chi connectivity index (χ1n) is 5.13. The van der Waals surface area contributed by atoms with Crippen molar-refractivity contribution in [3.05, 3.63) is 38.3 Å². The number of aliphatic carboxylic acids is 1. The molecule has 0 radical (unpaired) electrons. The standard InChI is InChI=1S/C11H9ClN2O3S/c12-6-1-2-7-8(5-6)13-11(18)14(10(7)17)4-3-9(15)16/h1-2,5H,3-4H2,(H,13,18)(H,15,16). The second-order valence-corrected chi connectivity index (χ2v) is 4.54. The summed E-state index contributed by atoms with van der Waals surface area (Å²) in [6.07, 6.45) is -0.156. The summed E-state index contributed by atoms with van der Waals surface area (Å²) < 4.78 is 1.43. The molecule has 0 saturated carbocycles. The van der Waals surface area contributed by atoms with Crippen LogP contribution in [0.15, 0.2) is 23.0 Å².